The van der Waals surface area contributed by atoms with Crippen LogP contribution < -0.4 is 32.4 Å². The van der Waals surface area contributed by atoms with Gasteiger partial charge >= 0.3 is 0 Å². The molecule has 4 N–H and O–H groups in total. The summed E-state index contributed by atoms with van der Waals surface area (Å²) >= 11 is 0. The number of nitrogens with one attached hydrogen (secondary N) is 2. The Morgan fingerprint density at radius 1 is 0.938 bits per heavy atom. The van der Waals surface area contributed by atoms with Gasteiger partial charge in [-0.25, -0.2) is 0 Å². The van der Waals surface area contributed by atoms with E-state index in [1.807, 2.05) is 0 Å². The number of phenolic OH excluding ortho intramolecular Hbond substituents is 1. The second-order valence-corrected chi connectivity index (χ2v) is 7.59. The molecule has 0 aliphatic carbocycles. The molecule has 0 fully saturated rings. The third-order valence-corrected chi connectivity index (χ3v) is 4.86. The molecule has 0 heterocycles. The third-order valence-electron chi connectivity index (χ3n) is 4.01. The summed E-state index contributed by atoms with van der Waals surface area (Å²) in [7, 11) is -4.54. The lowest BCUT2D eigenvalue weighted by atomic mass is 10.3. The molecule has 0 saturated carbocycles. The maximum absolute atomic E-state index is 12.5. The lowest BCUT2D eigenvalue weighted by Gasteiger charge is -2.05. The number of phenols is 1. The molecule has 32 heavy (non-hydrogen) atoms. The van der Waals surface area contributed by atoms with Gasteiger partial charge in [-0.2, -0.15) is 18.6 Å². The highest BCUT2D eigenvalue weighted by Gasteiger charge is 2.12. The first kappa shape index (κ1) is 22.3. The van der Waals surface area contributed by atoms with E-state index in [4.69, 9.17) is 4.55 Å². The maximum Gasteiger partial charge on any atom is 0.294 e. The molecular weight excluding hydrogens is 446 g/mol. The van der Waals surface area contributed by atoms with E-state index in [0.29, 0.717) is 0 Å². The summed E-state index contributed by atoms with van der Waals surface area (Å²) in [5, 5.41) is 27.2. The van der Waals surface area contributed by atoms with Crippen molar-refractivity contribution < 1.29 is 23.0 Å². The number of benzene rings is 3. The van der Waals surface area contributed by atoms with Gasteiger partial charge in [-0.15, -0.1) is 0 Å². The standard InChI is InChI=1S/C18H13N5O8S/c24-15-7-5-12(32(29,30)31)9-14(15)21-20-13-6-8-16(25)17(18(13)26)22-19-10-1-3-11(4-2-10)23(27)28/h1-9,19,21,24H,(H,29,30,31)/b20-13+,22-17-. The van der Waals surface area contributed by atoms with E-state index in [0.717, 1.165) is 30.3 Å². The molecule has 164 valence electrons. The number of nitrogens with zero attached hydrogens (tertiary/aromatic N) is 3. The fourth-order valence-electron chi connectivity index (χ4n) is 2.40. The Morgan fingerprint density at radius 2 is 1.62 bits per heavy atom. The number of anilines is 2. The van der Waals surface area contributed by atoms with Gasteiger partial charge in [-0.3, -0.25) is 35.1 Å². The molecule has 0 amide bonds. The summed E-state index contributed by atoms with van der Waals surface area (Å²) in [4.78, 5) is 34.1. The largest absolute Gasteiger partial charge is 0.506 e. The van der Waals surface area contributed by atoms with E-state index in [2.05, 4.69) is 21.1 Å². The Hall–Kier alpha value is -4.43. The molecule has 0 bridgehead atoms. The van der Waals surface area contributed by atoms with E-state index < -0.39 is 41.9 Å². The normalized spacial score (nSPS) is 12.5. The molecule has 0 aliphatic heterocycles. The quantitative estimate of drug-likeness (QED) is 0.168. The molecule has 0 aromatic heterocycles. The zero-order valence-electron chi connectivity index (χ0n) is 15.8. The van der Waals surface area contributed by atoms with Gasteiger partial charge in [-0.1, -0.05) is 0 Å². The van der Waals surface area contributed by atoms with Crippen LogP contribution in [0.15, 0.2) is 79.3 Å². The molecular formula is C18H13N5O8S. The topological polar surface area (TPSA) is 201 Å². The van der Waals surface area contributed by atoms with Crippen molar-refractivity contribution in [2.45, 2.75) is 4.90 Å². The maximum atomic E-state index is 12.5. The van der Waals surface area contributed by atoms with Crippen LogP contribution in [0, 0.1) is 10.1 Å². The first-order valence-electron chi connectivity index (χ1n) is 8.56. The van der Waals surface area contributed by atoms with Gasteiger partial charge in [0.2, 0.25) is 10.9 Å². The van der Waals surface area contributed by atoms with Crippen LogP contribution >= 0.6 is 0 Å². The van der Waals surface area contributed by atoms with Crippen molar-refractivity contribution in [2.75, 3.05) is 10.9 Å². The Balaban J connectivity index is 1.95. The van der Waals surface area contributed by atoms with Crippen LogP contribution in [-0.4, -0.2) is 23.0 Å². The van der Waals surface area contributed by atoms with E-state index in [9.17, 15) is 33.2 Å². The monoisotopic (exact) mass is 459 g/mol. The van der Waals surface area contributed by atoms with E-state index in [1.54, 1.807) is 0 Å². The van der Waals surface area contributed by atoms with Gasteiger partial charge in [0.05, 0.1) is 21.2 Å². The molecule has 3 aromatic rings. The number of nitro benzene ring substituents is 1. The zero-order chi connectivity index (χ0) is 23.5. The minimum Gasteiger partial charge on any atom is -0.506 e. The zero-order valence-corrected chi connectivity index (χ0v) is 16.6. The van der Waals surface area contributed by atoms with Crippen molar-refractivity contribution in [2.24, 2.45) is 10.2 Å². The number of aromatic hydroxyl groups is 1. The lowest BCUT2D eigenvalue weighted by Crippen LogP contribution is -2.47. The third kappa shape index (κ3) is 5.00. The molecule has 0 atom stereocenters. The van der Waals surface area contributed by atoms with Crippen LogP contribution in [0.2, 0.25) is 0 Å². The van der Waals surface area contributed by atoms with Gasteiger partial charge in [-0.05, 0) is 42.5 Å². The summed E-state index contributed by atoms with van der Waals surface area (Å²) < 4.78 is 31.5. The Morgan fingerprint density at radius 3 is 2.25 bits per heavy atom. The first-order chi connectivity index (χ1) is 15.1. The lowest BCUT2D eigenvalue weighted by molar-refractivity contribution is -0.384. The molecule has 3 rings (SSSR count). The molecule has 0 saturated heterocycles. The Labute approximate surface area is 178 Å². The van der Waals surface area contributed by atoms with Crippen LogP contribution in [0.5, 0.6) is 5.75 Å². The summed E-state index contributed by atoms with van der Waals surface area (Å²) in [5.74, 6) is -0.418. The fraction of sp³-hybridized carbons (Fsp3) is 0. The second-order valence-electron chi connectivity index (χ2n) is 6.17. The molecule has 0 aliphatic rings. The van der Waals surface area contributed by atoms with Crippen molar-refractivity contribution in [3.63, 3.8) is 0 Å². The first-order valence-corrected chi connectivity index (χ1v) is 10.00. The van der Waals surface area contributed by atoms with E-state index in [-0.39, 0.29) is 22.4 Å². The minimum absolute atomic E-state index is 0.155. The predicted octanol–water partition coefficient (Wildman–Crippen LogP) is -0.00130. The molecule has 0 radical (unpaired) electrons. The number of hydrogen-bond donors (Lipinski definition) is 4. The number of non-ortho nitro benzene ring substituents is 1. The van der Waals surface area contributed by atoms with Crippen LogP contribution in [0.1, 0.15) is 0 Å². The average molecular weight is 459 g/mol. The number of rotatable bonds is 6. The van der Waals surface area contributed by atoms with Crippen LogP contribution in [0.25, 0.3) is 0 Å². The summed E-state index contributed by atoms with van der Waals surface area (Å²) in [6.07, 6.45) is 0. The highest BCUT2D eigenvalue weighted by molar-refractivity contribution is 7.85. The van der Waals surface area contributed by atoms with Crippen LogP contribution in [0.4, 0.5) is 17.1 Å². The Bertz CT molecular complexity index is 1530. The molecule has 13 nitrogen and oxygen atoms in total. The van der Waals surface area contributed by atoms with Crippen molar-refractivity contribution >= 4 is 27.2 Å². The summed E-state index contributed by atoms with van der Waals surface area (Å²) in [6, 6.07) is 10.0. The SMILES string of the molecule is O=c1cc/c(=N\Nc2cc(S(=O)(=O)O)ccc2O)c(=O)/c1=N\Nc1ccc([N+](=O)[O-])cc1. The average Bonchev–Trinajstić information content (AvgIpc) is 2.73. The van der Waals surface area contributed by atoms with E-state index in [1.165, 1.54) is 24.3 Å². The van der Waals surface area contributed by atoms with Gasteiger partial charge in [0.25, 0.3) is 15.8 Å². The van der Waals surface area contributed by atoms with E-state index >= 15 is 0 Å². The molecule has 0 unspecified atom stereocenters. The van der Waals surface area contributed by atoms with Crippen LogP contribution in [-0.2, 0) is 10.1 Å². The van der Waals surface area contributed by atoms with Gasteiger partial charge in [0.1, 0.15) is 11.1 Å². The minimum atomic E-state index is -4.54. The summed E-state index contributed by atoms with van der Waals surface area (Å²) in [6.45, 7) is 0. The van der Waals surface area contributed by atoms with Gasteiger partial charge < -0.3 is 5.11 Å². The Kier molecular flexibility index (Phi) is 6.08. The van der Waals surface area contributed by atoms with Gasteiger partial charge in [0.15, 0.2) is 5.36 Å². The second kappa shape index (κ2) is 8.75. The van der Waals surface area contributed by atoms with Gasteiger partial charge in [0, 0.05) is 12.1 Å². The highest BCUT2D eigenvalue weighted by atomic mass is 32.2. The smallest absolute Gasteiger partial charge is 0.294 e. The fourth-order valence-corrected chi connectivity index (χ4v) is 2.91. The molecule has 3 aromatic carbocycles. The van der Waals surface area contributed by atoms with Crippen molar-refractivity contribution in [3.8, 4) is 5.75 Å². The van der Waals surface area contributed by atoms with Crippen LogP contribution in [0.3, 0.4) is 0 Å². The predicted molar refractivity (Wildman–Crippen MR) is 111 cm³/mol. The number of nitro groups is 1. The van der Waals surface area contributed by atoms with Crippen molar-refractivity contribution in [1.82, 2.24) is 0 Å². The highest BCUT2D eigenvalue weighted by Crippen LogP contribution is 2.26. The number of hydrogen-bond acceptors (Lipinski definition) is 11. The van der Waals surface area contributed by atoms with Crippen molar-refractivity contribution in [3.05, 3.63) is 95.9 Å². The van der Waals surface area contributed by atoms with Crippen molar-refractivity contribution in [1.29, 1.82) is 0 Å². The summed E-state index contributed by atoms with van der Waals surface area (Å²) in [5.41, 5.74) is 3.03. The molecule has 14 heteroatoms. The molecule has 0 spiro atoms.